The molecule has 4 heteroatoms. The number of carbonyl (C=O) groups is 1. The number of hydrogen-bond acceptors (Lipinski definition) is 3. The smallest absolute Gasteiger partial charge is 0.228 e. The molecule has 0 unspecified atom stereocenters. The SMILES string of the molecule is O=C(Cc1ccccc1)Nc1c2c(nc3ccccc13)N(c1ccccc1)CC2. The van der Waals surface area contributed by atoms with E-state index >= 15 is 0 Å². The predicted octanol–water partition coefficient (Wildman–Crippen LogP) is 5.11. The van der Waals surface area contributed by atoms with E-state index in [9.17, 15) is 4.79 Å². The summed E-state index contributed by atoms with van der Waals surface area (Å²) in [6.45, 7) is 0.851. The normalized spacial score (nSPS) is 12.8. The van der Waals surface area contributed by atoms with E-state index in [4.69, 9.17) is 4.98 Å². The van der Waals surface area contributed by atoms with Crippen molar-refractivity contribution < 1.29 is 4.79 Å². The predicted molar refractivity (Wildman–Crippen MR) is 118 cm³/mol. The van der Waals surface area contributed by atoms with Crippen molar-refractivity contribution in [1.29, 1.82) is 0 Å². The molecule has 0 aliphatic carbocycles. The van der Waals surface area contributed by atoms with Gasteiger partial charge in [0.2, 0.25) is 5.91 Å². The third kappa shape index (κ3) is 3.34. The minimum absolute atomic E-state index is 0.00656. The first-order valence-electron chi connectivity index (χ1n) is 9.87. The summed E-state index contributed by atoms with van der Waals surface area (Å²) in [6.07, 6.45) is 1.21. The molecule has 1 aliphatic heterocycles. The average Bonchev–Trinajstić information content (AvgIpc) is 3.19. The fraction of sp³-hybridized carbons (Fsp3) is 0.120. The number of benzene rings is 3. The number of nitrogens with zero attached hydrogens (tertiary/aromatic N) is 2. The Bertz CT molecular complexity index is 1170. The van der Waals surface area contributed by atoms with Crippen LogP contribution >= 0.6 is 0 Å². The van der Waals surface area contributed by atoms with Crippen LogP contribution in [0.25, 0.3) is 10.9 Å². The molecule has 142 valence electrons. The number of nitrogens with one attached hydrogen (secondary N) is 1. The highest BCUT2D eigenvalue weighted by atomic mass is 16.1. The molecule has 0 bridgehead atoms. The van der Waals surface area contributed by atoms with Gasteiger partial charge >= 0.3 is 0 Å². The summed E-state index contributed by atoms with van der Waals surface area (Å²) < 4.78 is 0. The highest BCUT2D eigenvalue weighted by molar-refractivity contribution is 6.05. The number of amides is 1. The molecule has 1 amide bonds. The molecule has 5 rings (SSSR count). The highest BCUT2D eigenvalue weighted by Crippen LogP contribution is 2.40. The van der Waals surface area contributed by atoms with Gasteiger partial charge < -0.3 is 10.2 Å². The van der Waals surface area contributed by atoms with E-state index in [-0.39, 0.29) is 5.91 Å². The van der Waals surface area contributed by atoms with Crippen LogP contribution < -0.4 is 10.2 Å². The Morgan fingerprint density at radius 3 is 2.38 bits per heavy atom. The summed E-state index contributed by atoms with van der Waals surface area (Å²) in [5.41, 5.74) is 5.02. The standard InChI is InChI=1S/C25H21N3O/c29-23(17-18-9-3-1-4-10-18)27-24-20-13-7-8-14-22(20)26-25-21(24)15-16-28(25)19-11-5-2-6-12-19/h1-14H,15-17H2,(H,26,27,29). The van der Waals surface area contributed by atoms with E-state index in [2.05, 4.69) is 22.3 Å². The van der Waals surface area contributed by atoms with Crippen LogP contribution in [0.4, 0.5) is 17.2 Å². The van der Waals surface area contributed by atoms with Gasteiger partial charge in [-0.25, -0.2) is 4.98 Å². The van der Waals surface area contributed by atoms with Gasteiger partial charge in [-0.15, -0.1) is 0 Å². The molecule has 0 radical (unpaired) electrons. The van der Waals surface area contributed by atoms with Gasteiger partial charge in [-0.05, 0) is 30.2 Å². The lowest BCUT2D eigenvalue weighted by molar-refractivity contribution is -0.115. The Morgan fingerprint density at radius 2 is 1.59 bits per heavy atom. The molecular formula is C25H21N3O. The van der Waals surface area contributed by atoms with E-state index in [0.717, 1.165) is 52.2 Å². The average molecular weight is 379 g/mol. The summed E-state index contributed by atoms with van der Waals surface area (Å²) in [5.74, 6) is 0.929. The van der Waals surface area contributed by atoms with Crippen molar-refractivity contribution in [2.45, 2.75) is 12.8 Å². The van der Waals surface area contributed by atoms with Crippen LogP contribution in [0.3, 0.4) is 0 Å². The number of para-hydroxylation sites is 2. The number of hydrogen-bond donors (Lipinski definition) is 1. The summed E-state index contributed by atoms with van der Waals surface area (Å²) >= 11 is 0. The zero-order chi connectivity index (χ0) is 19.6. The highest BCUT2D eigenvalue weighted by Gasteiger charge is 2.27. The molecule has 1 aromatic heterocycles. The van der Waals surface area contributed by atoms with E-state index in [1.807, 2.05) is 72.8 Å². The van der Waals surface area contributed by atoms with Crippen molar-refractivity contribution in [3.8, 4) is 0 Å². The molecule has 2 heterocycles. The maximum Gasteiger partial charge on any atom is 0.228 e. The Hall–Kier alpha value is -3.66. The third-order valence-electron chi connectivity index (χ3n) is 5.35. The van der Waals surface area contributed by atoms with E-state index in [0.29, 0.717) is 6.42 Å². The van der Waals surface area contributed by atoms with Gasteiger partial charge in [0, 0.05) is 23.2 Å². The molecule has 1 N–H and O–H groups in total. The minimum atomic E-state index is -0.00656. The molecule has 4 nitrogen and oxygen atoms in total. The number of fused-ring (bicyclic) bond motifs is 2. The number of aromatic nitrogens is 1. The summed E-state index contributed by atoms with van der Waals surface area (Å²) in [6, 6.07) is 28.1. The van der Waals surface area contributed by atoms with Gasteiger partial charge in [0.25, 0.3) is 0 Å². The maximum absolute atomic E-state index is 12.8. The molecule has 3 aromatic carbocycles. The van der Waals surface area contributed by atoms with Gasteiger partial charge in [-0.3, -0.25) is 4.79 Å². The van der Waals surface area contributed by atoms with E-state index in [1.54, 1.807) is 0 Å². The zero-order valence-corrected chi connectivity index (χ0v) is 16.0. The fourth-order valence-corrected chi connectivity index (χ4v) is 4.00. The van der Waals surface area contributed by atoms with Crippen LogP contribution in [0.5, 0.6) is 0 Å². The lowest BCUT2D eigenvalue weighted by Crippen LogP contribution is -2.16. The second kappa shape index (κ2) is 7.40. The number of pyridine rings is 1. The molecule has 4 aromatic rings. The van der Waals surface area contributed by atoms with E-state index < -0.39 is 0 Å². The maximum atomic E-state index is 12.8. The van der Waals surface area contributed by atoms with E-state index in [1.165, 1.54) is 0 Å². The van der Waals surface area contributed by atoms with Crippen molar-refractivity contribution in [3.05, 3.63) is 96.1 Å². The number of anilines is 3. The van der Waals surface area contributed by atoms with Crippen LogP contribution in [-0.4, -0.2) is 17.4 Å². The molecule has 0 spiro atoms. The van der Waals surface area contributed by atoms with Gasteiger partial charge in [0.05, 0.1) is 17.6 Å². The topological polar surface area (TPSA) is 45.2 Å². The van der Waals surface area contributed by atoms with Crippen LogP contribution in [0.15, 0.2) is 84.9 Å². The zero-order valence-electron chi connectivity index (χ0n) is 16.0. The van der Waals surface area contributed by atoms with Crippen LogP contribution in [0.2, 0.25) is 0 Å². The molecule has 1 aliphatic rings. The number of carbonyl (C=O) groups excluding carboxylic acids is 1. The molecular weight excluding hydrogens is 358 g/mol. The second-order valence-electron chi connectivity index (χ2n) is 7.25. The molecule has 29 heavy (non-hydrogen) atoms. The van der Waals surface area contributed by atoms with Gasteiger partial charge in [0.1, 0.15) is 5.82 Å². The second-order valence-corrected chi connectivity index (χ2v) is 7.25. The Kier molecular flexibility index (Phi) is 4.45. The first-order chi connectivity index (χ1) is 14.3. The molecule has 0 saturated heterocycles. The van der Waals surface area contributed by atoms with Crippen molar-refractivity contribution in [2.24, 2.45) is 0 Å². The third-order valence-corrected chi connectivity index (χ3v) is 5.35. The largest absolute Gasteiger partial charge is 0.326 e. The lowest BCUT2D eigenvalue weighted by atomic mass is 10.1. The fourth-order valence-electron chi connectivity index (χ4n) is 4.00. The minimum Gasteiger partial charge on any atom is -0.326 e. The Morgan fingerprint density at radius 1 is 0.897 bits per heavy atom. The molecule has 0 saturated carbocycles. The molecule has 0 atom stereocenters. The van der Waals surface area contributed by atoms with Gasteiger partial charge in [0.15, 0.2) is 0 Å². The first-order valence-corrected chi connectivity index (χ1v) is 9.87. The van der Waals surface area contributed by atoms with Gasteiger partial charge in [-0.1, -0.05) is 66.7 Å². The summed E-state index contributed by atoms with van der Waals surface area (Å²) in [7, 11) is 0. The number of rotatable bonds is 4. The van der Waals surface area contributed by atoms with Crippen LogP contribution in [-0.2, 0) is 17.6 Å². The monoisotopic (exact) mass is 379 g/mol. The Balaban J connectivity index is 1.55. The van der Waals surface area contributed by atoms with Gasteiger partial charge in [-0.2, -0.15) is 0 Å². The van der Waals surface area contributed by atoms with Crippen molar-refractivity contribution in [2.75, 3.05) is 16.8 Å². The molecule has 0 fully saturated rings. The van der Waals surface area contributed by atoms with Crippen molar-refractivity contribution in [1.82, 2.24) is 4.98 Å². The summed E-state index contributed by atoms with van der Waals surface area (Å²) in [4.78, 5) is 20.0. The van der Waals surface area contributed by atoms with Crippen LogP contribution in [0.1, 0.15) is 11.1 Å². The van der Waals surface area contributed by atoms with Crippen LogP contribution in [0, 0.1) is 0 Å². The Labute approximate surface area is 169 Å². The lowest BCUT2D eigenvalue weighted by Gasteiger charge is -2.20. The first kappa shape index (κ1) is 17.4. The van der Waals surface area contributed by atoms with Crippen molar-refractivity contribution >= 4 is 34.0 Å². The summed E-state index contributed by atoms with van der Waals surface area (Å²) in [5, 5.41) is 4.19. The quantitative estimate of drug-likeness (QED) is 0.536. The van der Waals surface area contributed by atoms with Crippen molar-refractivity contribution in [3.63, 3.8) is 0 Å².